The molecule has 1 heterocycles. The highest BCUT2D eigenvalue weighted by Gasteiger charge is 2.07. The van der Waals surface area contributed by atoms with Crippen LogP contribution >= 0.6 is 11.3 Å². The van der Waals surface area contributed by atoms with Crippen molar-refractivity contribution in [1.29, 1.82) is 0 Å². The third-order valence-electron chi connectivity index (χ3n) is 2.36. The van der Waals surface area contributed by atoms with E-state index in [4.69, 9.17) is 0 Å². The average molecular weight is 239 g/mol. The minimum absolute atomic E-state index is 0.202. The summed E-state index contributed by atoms with van der Waals surface area (Å²) in [4.78, 5) is 1.13. The Hall–Kier alpha value is -1.42. The molecule has 0 fully saturated rings. The number of anilines is 1. The standard InChI is InChI=1S/C12H11F2NS/c1-8-5-6-16-11(8)7-15-10-4-2-3-9(13)12(10)14/h2-6,15H,7H2,1H3. The Labute approximate surface area is 96.7 Å². The fraction of sp³-hybridized carbons (Fsp3) is 0.167. The quantitative estimate of drug-likeness (QED) is 0.855. The molecule has 0 amide bonds. The lowest BCUT2D eigenvalue weighted by atomic mass is 10.2. The SMILES string of the molecule is Cc1ccsc1CNc1cccc(F)c1F. The maximum Gasteiger partial charge on any atom is 0.181 e. The molecule has 4 heteroatoms. The van der Waals surface area contributed by atoms with Crippen molar-refractivity contribution in [3.05, 3.63) is 51.7 Å². The number of hydrogen-bond donors (Lipinski definition) is 1. The van der Waals surface area contributed by atoms with Crippen LogP contribution in [0.5, 0.6) is 0 Å². The van der Waals surface area contributed by atoms with E-state index in [1.165, 1.54) is 12.1 Å². The fourth-order valence-electron chi connectivity index (χ4n) is 1.40. The lowest BCUT2D eigenvalue weighted by molar-refractivity contribution is 0.511. The van der Waals surface area contributed by atoms with E-state index in [0.29, 0.717) is 6.54 Å². The van der Waals surface area contributed by atoms with Crippen LogP contribution in [0.3, 0.4) is 0 Å². The summed E-state index contributed by atoms with van der Waals surface area (Å²) < 4.78 is 26.2. The van der Waals surface area contributed by atoms with Gasteiger partial charge in [-0.15, -0.1) is 11.3 Å². The lowest BCUT2D eigenvalue weighted by Crippen LogP contribution is -2.02. The van der Waals surface area contributed by atoms with Gasteiger partial charge in [0.15, 0.2) is 11.6 Å². The number of rotatable bonds is 3. The fourth-order valence-corrected chi connectivity index (χ4v) is 2.25. The first-order valence-electron chi connectivity index (χ1n) is 4.89. The molecule has 84 valence electrons. The van der Waals surface area contributed by atoms with Gasteiger partial charge in [0.25, 0.3) is 0 Å². The van der Waals surface area contributed by atoms with Gasteiger partial charge < -0.3 is 5.32 Å². The Morgan fingerprint density at radius 2 is 2.06 bits per heavy atom. The third-order valence-corrected chi connectivity index (χ3v) is 3.38. The van der Waals surface area contributed by atoms with Crippen LogP contribution in [-0.4, -0.2) is 0 Å². The molecule has 0 aliphatic heterocycles. The Morgan fingerprint density at radius 3 is 2.75 bits per heavy atom. The molecule has 2 aromatic rings. The second-order valence-electron chi connectivity index (χ2n) is 3.48. The molecule has 0 aliphatic carbocycles. The highest BCUT2D eigenvalue weighted by atomic mass is 32.1. The van der Waals surface area contributed by atoms with Gasteiger partial charge in [0, 0.05) is 11.4 Å². The summed E-state index contributed by atoms with van der Waals surface area (Å²) in [5.41, 5.74) is 1.36. The molecule has 0 saturated heterocycles. The van der Waals surface area contributed by atoms with Gasteiger partial charge in [-0.3, -0.25) is 0 Å². The van der Waals surface area contributed by atoms with E-state index in [-0.39, 0.29) is 5.69 Å². The lowest BCUT2D eigenvalue weighted by Gasteiger charge is -2.07. The van der Waals surface area contributed by atoms with Crippen molar-refractivity contribution in [3.63, 3.8) is 0 Å². The van der Waals surface area contributed by atoms with E-state index in [1.54, 1.807) is 11.3 Å². The summed E-state index contributed by atoms with van der Waals surface area (Å²) in [7, 11) is 0. The molecule has 1 N–H and O–H groups in total. The van der Waals surface area contributed by atoms with Gasteiger partial charge >= 0.3 is 0 Å². The van der Waals surface area contributed by atoms with Crippen molar-refractivity contribution in [1.82, 2.24) is 0 Å². The average Bonchev–Trinajstić information content (AvgIpc) is 2.67. The maximum absolute atomic E-state index is 13.3. The van der Waals surface area contributed by atoms with Gasteiger partial charge in [0.2, 0.25) is 0 Å². The summed E-state index contributed by atoms with van der Waals surface area (Å²) in [5.74, 6) is -1.65. The predicted molar refractivity (Wildman–Crippen MR) is 62.7 cm³/mol. The van der Waals surface area contributed by atoms with Crippen LogP contribution in [0.1, 0.15) is 10.4 Å². The molecule has 2 rings (SSSR count). The van der Waals surface area contributed by atoms with Gasteiger partial charge in [-0.25, -0.2) is 8.78 Å². The first-order valence-corrected chi connectivity index (χ1v) is 5.77. The van der Waals surface area contributed by atoms with E-state index in [0.717, 1.165) is 16.5 Å². The number of nitrogens with one attached hydrogen (secondary N) is 1. The van der Waals surface area contributed by atoms with Gasteiger partial charge in [-0.1, -0.05) is 6.07 Å². The van der Waals surface area contributed by atoms with Crippen molar-refractivity contribution in [2.75, 3.05) is 5.32 Å². The molecule has 0 radical (unpaired) electrons. The summed E-state index contributed by atoms with van der Waals surface area (Å²) in [6.07, 6.45) is 0. The van der Waals surface area contributed by atoms with E-state index in [9.17, 15) is 8.78 Å². The van der Waals surface area contributed by atoms with Crippen molar-refractivity contribution >= 4 is 17.0 Å². The van der Waals surface area contributed by atoms with Gasteiger partial charge in [-0.2, -0.15) is 0 Å². The Morgan fingerprint density at radius 1 is 1.25 bits per heavy atom. The number of thiophene rings is 1. The zero-order chi connectivity index (χ0) is 11.5. The summed E-state index contributed by atoms with van der Waals surface area (Å²) >= 11 is 1.60. The molecule has 1 aromatic heterocycles. The largest absolute Gasteiger partial charge is 0.378 e. The molecule has 0 bridgehead atoms. The molecule has 0 unspecified atom stereocenters. The molecule has 16 heavy (non-hydrogen) atoms. The van der Waals surface area contributed by atoms with Crippen molar-refractivity contribution in [2.45, 2.75) is 13.5 Å². The van der Waals surface area contributed by atoms with Crippen LogP contribution in [0.15, 0.2) is 29.6 Å². The predicted octanol–water partition coefficient (Wildman–Crippen LogP) is 3.95. The molecule has 1 aromatic carbocycles. The first-order chi connectivity index (χ1) is 7.68. The molecular formula is C12H11F2NS. The Kier molecular flexibility index (Phi) is 3.19. The zero-order valence-corrected chi connectivity index (χ0v) is 9.57. The van der Waals surface area contributed by atoms with Gasteiger partial charge in [0.1, 0.15) is 0 Å². The Balaban J connectivity index is 2.11. The van der Waals surface area contributed by atoms with Crippen LogP contribution in [0.2, 0.25) is 0 Å². The van der Waals surface area contributed by atoms with Crippen LogP contribution in [0.4, 0.5) is 14.5 Å². The van der Waals surface area contributed by atoms with E-state index in [2.05, 4.69) is 5.32 Å². The molecule has 0 atom stereocenters. The highest BCUT2D eigenvalue weighted by Crippen LogP contribution is 2.20. The highest BCUT2D eigenvalue weighted by molar-refractivity contribution is 7.10. The summed E-state index contributed by atoms with van der Waals surface area (Å²) in [5, 5.41) is 4.87. The molecule has 1 nitrogen and oxygen atoms in total. The number of halogens is 2. The van der Waals surface area contributed by atoms with E-state index in [1.807, 2.05) is 18.4 Å². The molecule has 0 spiro atoms. The second kappa shape index (κ2) is 4.61. The Bertz CT molecular complexity index is 494. The van der Waals surface area contributed by atoms with Crippen molar-refractivity contribution < 1.29 is 8.78 Å². The number of aryl methyl sites for hydroxylation is 1. The number of hydrogen-bond acceptors (Lipinski definition) is 2. The number of benzene rings is 1. The third kappa shape index (κ3) is 2.22. The van der Waals surface area contributed by atoms with Gasteiger partial charge in [-0.05, 0) is 36.1 Å². The smallest absolute Gasteiger partial charge is 0.181 e. The van der Waals surface area contributed by atoms with E-state index >= 15 is 0 Å². The van der Waals surface area contributed by atoms with Crippen LogP contribution in [-0.2, 0) is 6.54 Å². The van der Waals surface area contributed by atoms with Crippen LogP contribution < -0.4 is 5.32 Å². The van der Waals surface area contributed by atoms with Crippen LogP contribution in [0, 0.1) is 18.6 Å². The molecule has 0 aliphatic rings. The summed E-state index contributed by atoms with van der Waals surface area (Å²) in [6.45, 7) is 2.51. The minimum atomic E-state index is -0.826. The summed E-state index contributed by atoms with van der Waals surface area (Å²) in [6, 6.07) is 6.13. The molecule has 0 saturated carbocycles. The maximum atomic E-state index is 13.3. The topological polar surface area (TPSA) is 12.0 Å². The van der Waals surface area contributed by atoms with Crippen molar-refractivity contribution in [3.8, 4) is 0 Å². The first kappa shape index (κ1) is 11.1. The zero-order valence-electron chi connectivity index (χ0n) is 8.76. The van der Waals surface area contributed by atoms with E-state index < -0.39 is 11.6 Å². The van der Waals surface area contributed by atoms with Crippen LogP contribution in [0.25, 0.3) is 0 Å². The minimum Gasteiger partial charge on any atom is -0.378 e. The van der Waals surface area contributed by atoms with Crippen molar-refractivity contribution in [2.24, 2.45) is 0 Å². The van der Waals surface area contributed by atoms with Gasteiger partial charge in [0.05, 0.1) is 5.69 Å². The molecular weight excluding hydrogens is 228 g/mol. The monoisotopic (exact) mass is 239 g/mol. The second-order valence-corrected chi connectivity index (χ2v) is 4.48. The normalized spacial score (nSPS) is 10.4.